The zero-order valence-corrected chi connectivity index (χ0v) is 13.5. The van der Waals surface area contributed by atoms with Crippen LogP contribution in [0, 0.1) is 6.92 Å². The summed E-state index contributed by atoms with van der Waals surface area (Å²) in [6, 6.07) is 8.61. The van der Waals surface area contributed by atoms with Gasteiger partial charge in [0, 0.05) is 15.3 Å². The van der Waals surface area contributed by atoms with Crippen LogP contribution in [0.5, 0.6) is 5.75 Å². The first kappa shape index (κ1) is 16.0. The molecule has 0 spiro atoms. The van der Waals surface area contributed by atoms with Crippen LogP contribution in [0.2, 0.25) is 0 Å². The fraction of sp³-hybridized carbons (Fsp3) is 0.250. The lowest BCUT2D eigenvalue weighted by molar-refractivity contribution is -0.117. The average Bonchev–Trinajstić information content (AvgIpc) is 2.92. The van der Waals surface area contributed by atoms with Gasteiger partial charge in [0.15, 0.2) is 0 Å². The largest absolute Gasteiger partial charge is 0.495 e. The van der Waals surface area contributed by atoms with E-state index >= 15 is 0 Å². The summed E-state index contributed by atoms with van der Waals surface area (Å²) >= 11 is 1.59. The SMILES string of the molecule is COc1ccc(C(N)=O)cc1NC(=O)[C@H](C)c1ccc(C)s1. The molecule has 1 heterocycles. The van der Waals surface area contributed by atoms with E-state index in [9.17, 15) is 9.59 Å². The molecule has 2 amide bonds. The first-order valence-corrected chi connectivity index (χ1v) is 7.59. The van der Waals surface area contributed by atoms with Crippen LogP contribution in [0.3, 0.4) is 0 Å². The van der Waals surface area contributed by atoms with E-state index in [1.165, 1.54) is 13.2 Å². The van der Waals surface area contributed by atoms with Crippen LogP contribution in [0.1, 0.15) is 33.0 Å². The quantitative estimate of drug-likeness (QED) is 0.889. The number of rotatable bonds is 5. The standard InChI is InChI=1S/C16H18N2O3S/c1-9-4-7-14(22-9)10(2)16(20)18-12-8-11(15(17)19)5-6-13(12)21-3/h4-8,10H,1-3H3,(H2,17,19)(H,18,20)/t10-/m1/s1. The fourth-order valence-electron chi connectivity index (χ4n) is 2.02. The number of hydrogen-bond acceptors (Lipinski definition) is 4. The topological polar surface area (TPSA) is 81.4 Å². The third-order valence-electron chi connectivity index (χ3n) is 3.32. The normalized spacial score (nSPS) is 11.8. The van der Waals surface area contributed by atoms with Crippen LogP contribution in [0.4, 0.5) is 5.69 Å². The van der Waals surface area contributed by atoms with Gasteiger partial charge in [0.2, 0.25) is 11.8 Å². The van der Waals surface area contributed by atoms with Gasteiger partial charge in [0.05, 0.1) is 18.7 Å². The van der Waals surface area contributed by atoms with E-state index < -0.39 is 5.91 Å². The molecule has 1 aromatic heterocycles. The van der Waals surface area contributed by atoms with E-state index in [-0.39, 0.29) is 11.8 Å². The van der Waals surface area contributed by atoms with Crippen molar-refractivity contribution in [3.63, 3.8) is 0 Å². The molecular formula is C16H18N2O3S. The van der Waals surface area contributed by atoms with Crippen LogP contribution in [-0.2, 0) is 4.79 Å². The van der Waals surface area contributed by atoms with Crippen molar-refractivity contribution in [1.82, 2.24) is 0 Å². The molecule has 0 aliphatic heterocycles. The third kappa shape index (κ3) is 3.46. The molecule has 1 aromatic carbocycles. The number of thiophene rings is 1. The predicted octanol–water partition coefficient (Wildman–Crippen LogP) is 2.91. The van der Waals surface area contributed by atoms with Gasteiger partial charge in [0.25, 0.3) is 0 Å². The Morgan fingerprint density at radius 1 is 1.27 bits per heavy atom. The van der Waals surface area contributed by atoms with Gasteiger partial charge in [0.1, 0.15) is 5.75 Å². The van der Waals surface area contributed by atoms with Crippen LogP contribution < -0.4 is 15.8 Å². The van der Waals surface area contributed by atoms with Gasteiger partial charge in [-0.1, -0.05) is 0 Å². The highest BCUT2D eigenvalue weighted by Crippen LogP contribution is 2.29. The first-order chi connectivity index (χ1) is 10.4. The van der Waals surface area contributed by atoms with Gasteiger partial charge in [-0.15, -0.1) is 11.3 Å². The number of anilines is 1. The zero-order valence-electron chi connectivity index (χ0n) is 12.7. The summed E-state index contributed by atoms with van der Waals surface area (Å²) in [7, 11) is 1.50. The van der Waals surface area contributed by atoms with Crippen molar-refractivity contribution in [2.24, 2.45) is 5.73 Å². The summed E-state index contributed by atoms with van der Waals surface area (Å²) in [6.07, 6.45) is 0. The Hall–Kier alpha value is -2.34. The van der Waals surface area contributed by atoms with Gasteiger partial charge in [-0.2, -0.15) is 0 Å². The molecule has 5 nitrogen and oxygen atoms in total. The molecule has 3 N–H and O–H groups in total. The van der Waals surface area contributed by atoms with E-state index in [1.807, 2.05) is 26.0 Å². The number of methoxy groups -OCH3 is 1. The van der Waals surface area contributed by atoms with Crippen molar-refractivity contribution in [2.45, 2.75) is 19.8 Å². The van der Waals surface area contributed by atoms with E-state index in [4.69, 9.17) is 10.5 Å². The average molecular weight is 318 g/mol. The van der Waals surface area contributed by atoms with Crippen LogP contribution in [0.25, 0.3) is 0 Å². The molecule has 6 heteroatoms. The Bertz CT molecular complexity index is 709. The number of hydrogen-bond donors (Lipinski definition) is 2. The van der Waals surface area contributed by atoms with E-state index in [0.29, 0.717) is 17.0 Å². The highest BCUT2D eigenvalue weighted by molar-refractivity contribution is 7.12. The molecule has 0 unspecified atom stereocenters. The van der Waals surface area contributed by atoms with E-state index in [2.05, 4.69) is 5.32 Å². The van der Waals surface area contributed by atoms with Gasteiger partial charge in [-0.3, -0.25) is 9.59 Å². The van der Waals surface area contributed by atoms with Crippen molar-refractivity contribution in [3.05, 3.63) is 45.6 Å². The summed E-state index contributed by atoms with van der Waals surface area (Å²) in [6.45, 7) is 3.84. The molecule has 0 aliphatic carbocycles. The highest BCUT2D eigenvalue weighted by atomic mass is 32.1. The third-order valence-corrected chi connectivity index (χ3v) is 4.51. The van der Waals surface area contributed by atoms with E-state index in [1.54, 1.807) is 23.5 Å². The van der Waals surface area contributed by atoms with Gasteiger partial charge < -0.3 is 15.8 Å². The Balaban J connectivity index is 2.23. The van der Waals surface area contributed by atoms with Crippen LogP contribution in [-0.4, -0.2) is 18.9 Å². The number of nitrogens with two attached hydrogens (primary N) is 1. The van der Waals surface area contributed by atoms with Crippen molar-refractivity contribution >= 4 is 28.8 Å². The number of ether oxygens (including phenoxy) is 1. The number of aryl methyl sites for hydroxylation is 1. The summed E-state index contributed by atoms with van der Waals surface area (Å²) in [5.74, 6) is -0.532. The number of primary amides is 1. The zero-order chi connectivity index (χ0) is 16.3. The molecule has 1 atom stereocenters. The van der Waals surface area contributed by atoms with E-state index in [0.717, 1.165) is 9.75 Å². The summed E-state index contributed by atoms with van der Waals surface area (Å²) in [5, 5.41) is 2.80. The Morgan fingerprint density at radius 2 is 2.00 bits per heavy atom. The molecule has 0 saturated carbocycles. The van der Waals surface area contributed by atoms with Crippen molar-refractivity contribution in [1.29, 1.82) is 0 Å². The second-order valence-corrected chi connectivity index (χ2v) is 6.26. The summed E-state index contributed by atoms with van der Waals surface area (Å²) in [5.41, 5.74) is 6.02. The maximum absolute atomic E-state index is 12.4. The Kier molecular flexibility index (Phi) is 4.82. The Labute approximate surface area is 133 Å². The van der Waals surface area contributed by atoms with Gasteiger partial charge >= 0.3 is 0 Å². The highest BCUT2D eigenvalue weighted by Gasteiger charge is 2.19. The number of amides is 2. The summed E-state index contributed by atoms with van der Waals surface area (Å²) < 4.78 is 5.21. The lowest BCUT2D eigenvalue weighted by Gasteiger charge is -2.14. The molecule has 0 bridgehead atoms. The second-order valence-electron chi connectivity index (χ2n) is 4.94. The van der Waals surface area contributed by atoms with Crippen molar-refractivity contribution in [3.8, 4) is 5.75 Å². The van der Waals surface area contributed by atoms with Crippen molar-refractivity contribution in [2.75, 3.05) is 12.4 Å². The van der Waals surface area contributed by atoms with Gasteiger partial charge in [-0.05, 0) is 44.2 Å². The maximum Gasteiger partial charge on any atom is 0.248 e. The van der Waals surface area contributed by atoms with Crippen LogP contribution in [0.15, 0.2) is 30.3 Å². The summed E-state index contributed by atoms with van der Waals surface area (Å²) in [4.78, 5) is 25.8. The Morgan fingerprint density at radius 3 is 2.55 bits per heavy atom. The maximum atomic E-state index is 12.4. The smallest absolute Gasteiger partial charge is 0.248 e. The molecule has 0 saturated heterocycles. The molecule has 2 rings (SSSR count). The lowest BCUT2D eigenvalue weighted by Crippen LogP contribution is -2.19. The molecule has 0 radical (unpaired) electrons. The minimum atomic E-state index is -0.555. The number of carbonyl (C=O) groups excluding carboxylic acids is 2. The number of carbonyl (C=O) groups is 2. The molecule has 22 heavy (non-hydrogen) atoms. The van der Waals surface area contributed by atoms with Crippen molar-refractivity contribution < 1.29 is 14.3 Å². The van der Waals surface area contributed by atoms with Gasteiger partial charge in [-0.25, -0.2) is 0 Å². The van der Waals surface area contributed by atoms with Crippen LogP contribution >= 0.6 is 11.3 Å². The fourth-order valence-corrected chi connectivity index (χ4v) is 2.94. The number of nitrogens with one attached hydrogen (secondary N) is 1. The molecule has 0 fully saturated rings. The predicted molar refractivity (Wildman–Crippen MR) is 87.6 cm³/mol. The second kappa shape index (κ2) is 6.62. The molecule has 2 aromatic rings. The molecule has 0 aliphatic rings. The molecule has 116 valence electrons. The lowest BCUT2D eigenvalue weighted by atomic mass is 10.1. The number of benzene rings is 1. The first-order valence-electron chi connectivity index (χ1n) is 6.77. The monoisotopic (exact) mass is 318 g/mol. The minimum absolute atomic E-state index is 0.165. The molecular weight excluding hydrogens is 300 g/mol. The minimum Gasteiger partial charge on any atom is -0.495 e.